The van der Waals surface area contributed by atoms with Crippen molar-refractivity contribution in [2.75, 3.05) is 13.1 Å². The van der Waals surface area contributed by atoms with Gasteiger partial charge in [0.25, 0.3) is 0 Å². The van der Waals surface area contributed by atoms with Crippen molar-refractivity contribution in [2.45, 2.75) is 45.4 Å². The summed E-state index contributed by atoms with van der Waals surface area (Å²) in [7, 11) is 0. The van der Waals surface area contributed by atoms with Crippen molar-refractivity contribution in [3.05, 3.63) is 35.9 Å². The van der Waals surface area contributed by atoms with Gasteiger partial charge >= 0.3 is 6.09 Å². The lowest BCUT2D eigenvalue weighted by molar-refractivity contribution is 0.0157. The predicted octanol–water partition coefficient (Wildman–Crippen LogP) is 2.79. The molecule has 2 rings (SSSR count). The molecule has 1 aromatic carbocycles. The van der Waals surface area contributed by atoms with Gasteiger partial charge in [-0.15, -0.1) is 0 Å². The summed E-state index contributed by atoms with van der Waals surface area (Å²) in [4.78, 5) is 14.3. The van der Waals surface area contributed by atoms with Gasteiger partial charge in [0.1, 0.15) is 5.60 Å². The van der Waals surface area contributed by atoms with Gasteiger partial charge in [-0.1, -0.05) is 30.3 Å². The first kappa shape index (κ1) is 14.9. The van der Waals surface area contributed by atoms with Crippen LogP contribution in [0, 0.1) is 0 Å². The summed E-state index contributed by atoms with van der Waals surface area (Å²) in [6, 6.07) is 10.3. The fourth-order valence-corrected chi connectivity index (χ4v) is 2.35. The highest BCUT2D eigenvalue weighted by Crippen LogP contribution is 2.18. The van der Waals surface area contributed by atoms with Crippen molar-refractivity contribution < 1.29 is 9.53 Å². The Balaban J connectivity index is 2.10. The molecule has 1 N–H and O–H groups in total. The van der Waals surface area contributed by atoms with Gasteiger partial charge in [0.05, 0.1) is 0 Å². The van der Waals surface area contributed by atoms with E-state index in [1.54, 1.807) is 0 Å². The number of nitrogens with zero attached hydrogens (tertiary/aromatic N) is 1. The molecule has 1 saturated heterocycles. The van der Waals surface area contributed by atoms with Gasteiger partial charge in [0, 0.05) is 19.1 Å². The van der Waals surface area contributed by atoms with Crippen LogP contribution in [0.2, 0.25) is 0 Å². The van der Waals surface area contributed by atoms with E-state index in [1.165, 1.54) is 0 Å². The molecule has 1 aliphatic heterocycles. The van der Waals surface area contributed by atoms with Gasteiger partial charge in [0.2, 0.25) is 0 Å². The van der Waals surface area contributed by atoms with Crippen molar-refractivity contribution in [3.8, 4) is 0 Å². The first-order chi connectivity index (χ1) is 9.46. The molecule has 1 heterocycles. The lowest BCUT2D eigenvalue weighted by Gasteiger charge is -2.31. The Bertz CT molecular complexity index is 434. The van der Waals surface area contributed by atoms with E-state index in [2.05, 4.69) is 5.32 Å². The van der Waals surface area contributed by atoms with Gasteiger partial charge in [0.15, 0.2) is 0 Å². The van der Waals surface area contributed by atoms with Crippen LogP contribution in [0.5, 0.6) is 0 Å². The first-order valence-corrected chi connectivity index (χ1v) is 7.20. The van der Waals surface area contributed by atoms with Crippen LogP contribution in [0.15, 0.2) is 30.3 Å². The molecule has 4 heteroatoms. The van der Waals surface area contributed by atoms with Crippen LogP contribution in [0.1, 0.15) is 32.8 Å². The lowest BCUT2D eigenvalue weighted by atomic mass is 10.1. The topological polar surface area (TPSA) is 41.6 Å². The smallest absolute Gasteiger partial charge is 0.410 e. The molecule has 1 atom stereocenters. The highest BCUT2D eigenvalue weighted by molar-refractivity contribution is 5.68. The Labute approximate surface area is 121 Å². The molecular formula is C16H24N2O2. The lowest BCUT2D eigenvalue weighted by Crippen LogP contribution is -2.43. The van der Waals surface area contributed by atoms with E-state index in [-0.39, 0.29) is 12.1 Å². The maximum absolute atomic E-state index is 12.4. The van der Waals surface area contributed by atoms with Gasteiger partial charge in [-0.2, -0.15) is 0 Å². The quantitative estimate of drug-likeness (QED) is 0.923. The summed E-state index contributed by atoms with van der Waals surface area (Å²) < 4.78 is 5.54. The van der Waals surface area contributed by atoms with E-state index in [1.807, 2.05) is 56.0 Å². The summed E-state index contributed by atoms with van der Waals surface area (Å²) in [5.74, 6) is 0. The fraction of sp³-hybridized carbons (Fsp3) is 0.562. The zero-order valence-electron chi connectivity index (χ0n) is 12.6. The number of carbonyl (C=O) groups excluding carboxylic acids is 1. The number of hydrogen-bond donors (Lipinski definition) is 1. The normalized spacial score (nSPS) is 18.9. The van der Waals surface area contributed by atoms with Crippen LogP contribution >= 0.6 is 0 Å². The molecule has 0 spiro atoms. The molecule has 0 saturated carbocycles. The number of carbonyl (C=O) groups is 1. The molecule has 20 heavy (non-hydrogen) atoms. The molecule has 4 nitrogen and oxygen atoms in total. The second-order valence-corrected chi connectivity index (χ2v) is 6.24. The molecule has 110 valence electrons. The number of ether oxygens (including phenoxy) is 1. The van der Waals surface area contributed by atoms with Gasteiger partial charge in [-0.25, -0.2) is 4.79 Å². The molecule has 0 radical (unpaired) electrons. The third-order valence-electron chi connectivity index (χ3n) is 3.30. The molecule has 1 amide bonds. The number of hydrogen-bond acceptors (Lipinski definition) is 3. The van der Waals surface area contributed by atoms with Crippen LogP contribution in [0.3, 0.4) is 0 Å². The highest BCUT2D eigenvalue weighted by Gasteiger charge is 2.30. The van der Waals surface area contributed by atoms with E-state index in [0.717, 1.165) is 25.1 Å². The Morgan fingerprint density at radius 2 is 2.05 bits per heavy atom. The maximum atomic E-state index is 12.4. The van der Waals surface area contributed by atoms with E-state index in [4.69, 9.17) is 4.74 Å². The molecule has 1 fully saturated rings. The van der Waals surface area contributed by atoms with Crippen molar-refractivity contribution in [2.24, 2.45) is 0 Å². The average Bonchev–Trinajstić information content (AvgIpc) is 2.88. The number of nitrogens with one attached hydrogen (secondary N) is 1. The summed E-state index contributed by atoms with van der Waals surface area (Å²) in [6.45, 7) is 8.10. The predicted molar refractivity (Wildman–Crippen MR) is 79.5 cm³/mol. The van der Waals surface area contributed by atoms with Crippen LogP contribution in [0.4, 0.5) is 4.79 Å². The fourth-order valence-electron chi connectivity index (χ4n) is 2.35. The minimum absolute atomic E-state index is 0.213. The van der Waals surface area contributed by atoms with Gasteiger partial charge in [-0.3, -0.25) is 4.90 Å². The molecule has 0 aromatic heterocycles. The first-order valence-electron chi connectivity index (χ1n) is 7.20. The van der Waals surface area contributed by atoms with E-state index >= 15 is 0 Å². The Morgan fingerprint density at radius 1 is 1.35 bits per heavy atom. The minimum atomic E-state index is -0.460. The Morgan fingerprint density at radius 3 is 2.60 bits per heavy atom. The van der Waals surface area contributed by atoms with E-state index < -0.39 is 5.60 Å². The summed E-state index contributed by atoms with van der Waals surface area (Å²) in [5.41, 5.74) is 0.670. The molecule has 1 unspecified atom stereocenters. The van der Waals surface area contributed by atoms with Gasteiger partial charge < -0.3 is 10.1 Å². The molecule has 0 bridgehead atoms. The van der Waals surface area contributed by atoms with Crippen molar-refractivity contribution in [1.82, 2.24) is 10.2 Å². The van der Waals surface area contributed by atoms with Crippen LogP contribution in [-0.2, 0) is 11.3 Å². The highest BCUT2D eigenvalue weighted by atomic mass is 16.6. The standard InChI is InChI=1S/C16H24N2O2/c1-16(2,3)20-15(19)18(14-9-10-17-11-14)12-13-7-5-4-6-8-13/h4-8,14,17H,9-12H2,1-3H3. The van der Waals surface area contributed by atoms with Crippen molar-refractivity contribution in [3.63, 3.8) is 0 Å². The SMILES string of the molecule is CC(C)(C)OC(=O)N(Cc1ccccc1)C1CCNC1. The molecule has 1 aliphatic rings. The van der Waals surface area contributed by atoms with E-state index in [9.17, 15) is 4.79 Å². The maximum Gasteiger partial charge on any atom is 0.410 e. The van der Waals surface area contributed by atoms with Crippen LogP contribution in [0.25, 0.3) is 0 Å². The molecular weight excluding hydrogens is 252 g/mol. The third-order valence-corrected chi connectivity index (χ3v) is 3.30. The zero-order valence-corrected chi connectivity index (χ0v) is 12.6. The average molecular weight is 276 g/mol. The number of benzene rings is 1. The Kier molecular flexibility index (Phi) is 4.65. The van der Waals surface area contributed by atoms with Crippen molar-refractivity contribution in [1.29, 1.82) is 0 Å². The third kappa shape index (κ3) is 4.23. The largest absolute Gasteiger partial charge is 0.444 e. The zero-order chi connectivity index (χ0) is 14.6. The van der Waals surface area contributed by atoms with Crippen LogP contribution in [-0.4, -0.2) is 35.7 Å². The summed E-state index contributed by atoms with van der Waals surface area (Å²) in [5, 5.41) is 3.31. The Hall–Kier alpha value is -1.55. The number of amides is 1. The van der Waals surface area contributed by atoms with Crippen LogP contribution < -0.4 is 5.32 Å². The number of rotatable bonds is 3. The second-order valence-electron chi connectivity index (χ2n) is 6.24. The summed E-state index contributed by atoms with van der Waals surface area (Å²) in [6.07, 6.45) is 0.751. The molecule has 1 aromatic rings. The van der Waals surface area contributed by atoms with Crippen molar-refractivity contribution >= 4 is 6.09 Å². The minimum Gasteiger partial charge on any atom is -0.444 e. The second kappa shape index (κ2) is 6.27. The molecule has 0 aliphatic carbocycles. The monoisotopic (exact) mass is 276 g/mol. The van der Waals surface area contributed by atoms with Gasteiger partial charge in [-0.05, 0) is 39.3 Å². The van der Waals surface area contributed by atoms with E-state index in [0.29, 0.717) is 6.54 Å². The summed E-state index contributed by atoms with van der Waals surface area (Å²) >= 11 is 0.